The van der Waals surface area contributed by atoms with Gasteiger partial charge in [-0.15, -0.1) is 17.9 Å². The highest BCUT2D eigenvalue weighted by atomic mass is 32.1. The quantitative estimate of drug-likeness (QED) is 0.636. The molecule has 4 nitrogen and oxygen atoms in total. The lowest BCUT2D eigenvalue weighted by Gasteiger charge is -2.09. The summed E-state index contributed by atoms with van der Waals surface area (Å²) in [4.78, 5) is 25.3. The van der Waals surface area contributed by atoms with Crippen molar-refractivity contribution in [2.45, 2.75) is 0 Å². The van der Waals surface area contributed by atoms with Crippen molar-refractivity contribution in [3.05, 3.63) is 76.6 Å². The van der Waals surface area contributed by atoms with E-state index in [1.807, 2.05) is 23.6 Å². The summed E-state index contributed by atoms with van der Waals surface area (Å²) >= 11 is 1.49. The first-order valence-corrected chi connectivity index (χ1v) is 7.59. The molecule has 0 aliphatic carbocycles. The second kappa shape index (κ2) is 7.95. The Bertz CT molecular complexity index is 676. The number of hydrogen-bond acceptors (Lipinski definition) is 3. The van der Waals surface area contributed by atoms with Crippen LogP contribution in [0.5, 0.6) is 0 Å². The molecule has 2 N–H and O–H groups in total. The van der Waals surface area contributed by atoms with Gasteiger partial charge in [0.15, 0.2) is 0 Å². The van der Waals surface area contributed by atoms with Gasteiger partial charge in [0.2, 0.25) is 0 Å². The Morgan fingerprint density at radius 2 is 1.91 bits per heavy atom. The lowest BCUT2D eigenvalue weighted by Crippen LogP contribution is -2.34. The van der Waals surface area contributed by atoms with E-state index in [1.54, 1.807) is 36.4 Å². The zero-order valence-electron chi connectivity index (χ0n) is 11.9. The molecule has 1 aromatic carbocycles. The molecule has 2 amide bonds. The van der Waals surface area contributed by atoms with E-state index >= 15 is 0 Å². The number of carbonyl (C=O) groups excluding carboxylic acids is 2. The Hall–Kier alpha value is -2.66. The van der Waals surface area contributed by atoms with Crippen LogP contribution in [0.3, 0.4) is 0 Å². The Morgan fingerprint density at radius 1 is 1.14 bits per heavy atom. The van der Waals surface area contributed by atoms with Crippen LogP contribution in [0.2, 0.25) is 0 Å². The minimum absolute atomic E-state index is 0.207. The zero-order valence-corrected chi connectivity index (χ0v) is 12.7. The second-order valence-corrected chi connectivity index (χ2v) is 5.37. The van der Waals surface area contributed by atoms with Crippen LogP contribution in [-0.4, -0.2) is 18.4 Å². The van der Waals surface area contributed by atoms with E-state index < -0.39 is 0 Å². The molecule has 1 aromatic heterocycles. The molecule has 1 heterocycles. The number of hydrogen-bond donors (Lipinski definition) is 2. The topological polar surface area (TPSA) is 58.2 Å². The summed E-state index contributed by atoms with van der Waals surface area (Å²) in [7, 11) is 0. The number of thiophene rings is 1. The third-order valence-electron chi connectivity index (χ3n) is 2.77. The maximum atomic E-state index is 12.2. The normalized spacial score (nSPS) is 10.8. The van der Waals surface area contributed by atoms with E-state index in [4.69, 9.17) is 0 Å². The fourth-order valence-corrected chi connectivity index (χ4v) is 2.38. The van der Waals surface area contributed by atoms with Gasteiger partial charge in [-0.1, -0.05) is 30.3 Å². The Labute approximate surface area is 133 Å². The highest BCUT2D eigenvalue weighted by Gasteiger charge is 2.14. The molecule has 0 atom stereocenters. The number of benzene rings is 1. The van der Waals surface area contributed by atoms with E-state index in [9.17, 15) is 9.59 Å². The van der Waals surface area contributed by atoms with Gasteiger partial charge in [-0.05, 0) is 29.7 Å². The monoisotopic (exact) mass is 312 g/mol. The van der Waals surface area contributed by atoms with Gasteiger partial charge in [0, 0.05) is 17.0 Å². The van der Waals surface area contributed by atoms with Crippen molar-refractivity contribution in [2.75, 3.05) is 6.54 Å². The largest absolute Gasteiger partial charge is 0.347 e. The molecule has 0 bridgehead atoms. The first-order valence-electron chi connectivity index (χ1n) is 6.71. The lowest BCUT2D eigenvalue weighted by molar-refractivity contribution is -0.117. The summed E-state index contributed by atoms with van der Waals surface area (Å²) < 4.78 is 0. The van der Waals surface area contributed by atoms with Gasteiger partial charge < -0.3 is 10.6 Å². The van der Waals surface area contributed by atoms with Crippen LogP contribution in [0, 0.1) is 0 Å². The Balaban J connectivity index is 2.19. The maximum absolute atomic E-state index is 12.2. The van der Waals surface area contributed by atoms with E-state index in [0.29, 0.717) is 12.1 Å². The fraction of sp³-hybridized carbons (Fsp3) is 0.0588. The van der Waals surface area contributed by atoms with Crippen molar-refractivity contribution in [1.82, 2.24) is 10.6 Å². The number of amides is 2. The number of nitrogens with one attached hydrogen (secondary N) is 2. The van der Waals surface area contributed by atoms with Crippen molar-refractivity contribution < 1.29 is 9.59 Å². The number of rotatable bonds is 6. The highest BCUT2D eigenvalue weighted by Crippen LogP contribution is 2.13. The fourth-order valence-electron chi connectivity index (χ4n) is 1.72. The van der Waals surface area contributed by atoms with Crippen LogP contribution in [0.4, 0.5) is 0 Å². The Morgan fingerprint density at radius 3 is 2.55 bits per heavy atom. The van der Waals surface area contributed by atoms with Gasteiger partial charge in [0.1, 0.15) is 5.70 Å². The van der Waals surface area contributed by atoms with Gasteiger partial charge in [-0.3, -0.25) is 9.59 Å². The summed E-state index contributed by atoms with van der Waals surface area (Å²) in [5.74, 6) is -0.672. The minimum Gasteiger partial charge on any atom is -0.347 e. The van der Waals surface area contributed by atoms with Crippen LogP contribution in [0.1, 0.15) is 15.2 Å². The first-order chi connectivity index (χ1) is 10.7. The summed E-state index contributed by atoms with van der Waals surface area (Å²) in [6.45, 7) is 3.89. The molecule has 2 rings (SSSR count). The minimum atomic E-state index is -0.349. The molecule has 0 radical (unpaired) electrons. The molecule has 0 saturated heterocycles. The standard InChI is InChI=1S/C17H16N2O2S/c1-2-10-18-17(21)15(12-14-9-6-11-22-14)19-16(20)13-7-4-3-5-8-13/h2-9,11-12H,1,10H2,(H,18,21)(H,19,20)/b15-12+. The molecule has 0 saturated carbocycles. The van der Waals surface area contributed by atoms with Crippen LogP contribution < -0.4 is 10.6 Å². The maximum Gasteiger partial charge on any atom is 0.268 e. The van der Waals surface area contributed by atoms with Crippen molar-refractivity contribution in [2.24, 2.45) is 0 Å². The summed E-state index contributed by atoms with van der Waals surface area (Å²) in [6, 6.07) is 12.5. The molecule has 2 aromatic rings. The molecule has 0 fully saturated rings. The van der Waals surface area contributed by atoms with E-state index in [-0.39, 0.29) is 17.5 Å². The van der Waals surface area contributed by atoms with Gasteiger partial charge in [-0.25, -0.2) is 0 Å². The smallest absolute Gasteiger partial charge is 0.268 e. The molecule has 0 aliphatic heterocycles. The Kier molecular flexibility index (Phi) is 5.68. The molecule has 112 valence electrons. The van der Waals surface area contributed by atoms with Crippen LogP contribution in [-0.2, 0) is 4.79 Å². The predicted molar refractivity (Wildman–Crippen MR) is 89.4 cm³/mol. The van der Waals surface area contributed by atoms with Gasteiger partial charge in [0.05, 0.1) is 0 Å². The predicted octanol–water partition coefficient (Wildman–Crippen LogP) is 2.82. The third-order valence-corrected chi connectivity index (χ3v) is 3.58. The summed E-state index contributed by atoms with van der Waals surface area (Å²) in [5.41, 5.74) is 0.703. The number of carbonyl (C=O) groups is 2. The van der Waals surface area contributed by atoms with E-state index in [2.05, 4.69) is 17.2 Å². The molecule has 0 unspecified atom stereocenters. The average molecular weight is 312 g/mol. The van der Waals surface area contributed by atoms with Crippen molar-refractivity contribution in [1.29, 1.82) is 0 Å². The molecular formula is C17H16N2O2S. The van der Waals surface area contributed by atoms with Gasteiger partial charge >= 0.3 is 0 Å². The lowest BCUT2D eigenvalue weighted by atomic mass is 10.2. The molecule has 0 spiro atoms. The molecular weight excluding hydrogens is 296 g/mol. The molecule has 0 aliphatic rings. The van der Waals surface area contributed by atoms with Crippen molar-refractivity contribution >= 4 is 29.2 Å². The SMILES string of the molecule is C=CCNC(=O)/C(=C\c1cccs1)NC(=O)c1ccccc1. The second-order valence-electron chi connectivity index (χ2n) is 4.39. The van der Waals surface area contributed by atoms with E-state index in [1.165, 1.54) is 11.3 Å². The molecule has 22 heavy (non-hydrogen) atoms. The van der Waals surface area contributed by atoms with Gasteiger partial charge in [-0.2, -0.15) is 0 Å². The average Bonchev–Trinajstić information content (AvgIpc) is 3.05. The summed E-state index contributed by atoms with van der Waals surface area (Å²) in [5, 5.41) is 7.24. The summed E-state index contributed by atoms with van der Waals surface area (Å²) in [6.07, 6.45) is 3.24. The van der Waals surface area contributed by atoms with Crippen LogP contribution in [0.25, 0.3) is 6.08 Å². The van der Waals surface area contributed by atoms with Crippen LogP contribution >= 0.6 is 11.3 Å². The zero-order chi connectivity index (χ0) is 15.8. The van der Waals surface area contributed by atoms with Crippen LogP contribution in [0.15, 0.2) is 66.2 Å². The third kappa shape index (κ3) is 4.43. The first kappa shape index (κ1) is 15.7. The van der Waals surface area contributed by atoms with E-state index in [0.717, 1.165) is 4.88 Å². The highest BCUT2D eigenvalue weighted by molar-refractivity contribution is 7.10. The molecule has 5 heteroatoms. The van der Waals surface area contributed by atoms with Gasteiger partial charge in [0.25, 0.3) is 11.8 Å². The van der Waals surface area contributed by atoms with Crippen molar-refractivity contribution in [3.8, 4) is 0 Å². The van der Waals surface area contributed by atoms with Crippen molar-refractivity contribution in [3.63, 3.8) is 0 Å².